The summed E-state index contributed by atoms with van der Waals surface area (Å²) >= 11 is 0. The fourth-order valence-electron chi connectivity index (χ4n) is 0.979. The van der Waals surface area contributed by atoms with Crippen molar-refractivity contribution < 1.29 is 9.84 Å². The van der Waals surface area contributed by atoms with Gasteiger partial charge >= 0.3 is 0 Å². The summed E-state index contributed by atoms with van der Waals surface area (Å²) in [5, 5.41) is 8.83. The molecule has 76 valence electrons. The Bertz CT molecular complexity index is 288. The molecule has 0 amide bonds. The molecule has 0 unspecified atom stereocenters. The molecule has 0 bridgehead atoms. The molecule has 0 atom stereocenters. The second-order valence-corrected chi connectivity index (χ2v) is 3.19. The Morgan fingerprint density at radius 2 is 2.00 bits per heavy atom. The van der Waals surface area contributed by atoms with Crippen LogP contribution >= 0.6 is 0 Å². The van der Waals surface area contributed by atoms with Crippen LogP contribution in [0.15, 0.2) is 36.4 Å². The van der Waals surface area contributed by atoms with E-state index in [1.807, 2.05) is 24.3 Å². The number of ether oxygens (including phenoxy) is 1. The summed E-state index contributed by atoms with van der Waals surface area (Å²) in [5.41, 5.74) is 1.97. The molecule has 2 heteroatoms. The Kier molecular flexibility index (Phi) is 4.20. The molecule has 0 aliphatic rings. The van der Waals surface area contributed by atoms with Gasteiger partial charge in [0, 0.05) is 0 Å². The Balaban J connectivity index is 2.47. The summed E-state index contributed by atoms with van der Waals surface area (Å²) in [7, 11) is 0. The van der Waals surface area contributed by atoms with Crippen molar-refractivity contribution in [3.05, 3.63) is 42.0 Å². The summed E-state index contributed by atoms with van der Waals surface area (Å²) in [4.78, 5) is 0. The van der Waals surface area contributed by atoms with Crippen molar-refractivity contribution in [3.8, 4) is 5.75 Å². The molecule has 1 aromatic carbocycles. The lowest BCUT2D eigenvalue weighted by Crippen LogP contribution is -1.99. The lowest BCUT2D eigenvalue weighted by molar-refractivity contribution is 0.281. The monoisotopic (exact) mass is 192 g/mol. The number of benzene rings is 1. The highest BCUT2D eigenvalue weighted by molar-refractivity contribution is 5.27. The number of hydrogen-bond acceptors (Lipinski definition) is 2. The van der Waals surface area contributed by atoms with Gasteiger partial charge in [0.2, 0.25) is 0 Å². The average Bonchev–Trinajstić information content (AvgIpc) is 2.26. The van der Waals surface area contributed by atoms with E-state index in [0.29, 0.717) is 6.61 Å². The molecule has 0 saturated heterocycles. The highest BCUT2D eigenvalue weighted by atomic mass is 16.5. The average molecular weight is 192 g/mol. The van der Waals surface area contributed by atoms with Crippen molar-refractivity contribution in [2.24, 2.45) is 0 Å². The van der Waals surface area contributed by atoms with Crippen LogP contribution in [-0.4, -0.2) is 11.7 Å². The molecule has 0 aliphatic carbocycles. The van der Waals surface area contributed by atoms with Crippen LogP contribution in [0.25, 0.3) is 0 Å². The maximum absolute atomic E-state index is 8.83. The van der Waals surface area contributed by atoms with Gasteiger partial charge < -0.3 is 9.84 Å². The topological polar surface area (TPSA) is 29.5 Å². The number of rotatable bonds is 5. The highest BCUT2D eigenvalue weighted by Crippen LogP contribution is 2.13. The summed E-state index contributed by atoms with van der Waals surface area (Å²) in [6.07, 6.45) is 0.939. The van der Waals surface area contributed by atoms with Crippen LogP contribution in [0.1, 0.15) is 18.9 Å². The van der Waals surface area contributed by atoms with Gasteiger partial charge in [-0.3, -0.25) is 0 Å². The van der Waals surface area contributed by atoms with Gasteiger partial charge in [-0.15, -0.1) is 0 Å². The van der Waals surface area contributed by atoms with Crippen molar-refractivity contribution in [1.82, 2.24) is 0 Å². The molecular weight excluding hydrogens is 176 g/mol. The maximum atomic E-state index is 8.83. The number of hydrogen-bond donors (Lipinski definition) is 1. The minimum atomic E-state index is 0.0714. The molecule has 2 nitrogen and oxygen atoms in total. The van der Waals surface area contributed by atoms with E-state index >= 15 is 0 Å². The zero-order chi connectivity index (χ0) is 10.4. The highest BCUT2D eigenvalue weighted by Gasteiger charge is 1.95. The number of aliphatic hydroxyl groups excluding tert-OH is 1. The molecule has 1 rings (SSSR count). The van der Waals surface area contributed by atoms with Crippen molar-refractivity contribution in [2.75, 3.05) is 6.61 Å². The lowest BCUT2D eigenvalue weighted by Gasteiger charge is -2.07. The summed E-state index contributed by atoms with van der Waals surface area (Å²) in [6.45, 7) is 6.55. The van der Waals surface area contributed by atoms with E-state index in [0.717, 1.165) is 23.3 Å². The summed E-state index contributed by atoms with van der Waals surface area (Å²) < 4.78 is 5.48. The first kappa shape index (κ1) is 10.8. The van der Waals surface area contributed by atoms with Crippen LogP contribution in [-0.2, 0) is 6.61 Å². The van der Waals surface area contributed by atoms with Gasteiger partial charge in [-0.1, -0.05) is 25.6 Å². The second kappa shape index (κ2) is 5.45. The molecule has 0 saturated carbocycles. The third kappa shape index (κ3) is 3.23. The minimum absolute atomic E-state index is 0.0714. The van der Waals surface area contributed by atoms with Crippen molar-refractivity contribution in [1.29, 1.82) is 0 Å². The van der Waals surface area contributed by atoms with Crippen molar-refractivity contribution in [2.45, 2.75) is 20.0 Å². The predicted molar refractivity (Wildman–Crippen MR) is 57.3 cm³/mol. The molecule has 0 radical (unpaired) electrons. The summed E-state index contributed by atoms with van der Waals surface area (Å²) in [5.74, 6) is 0.816. The zero-order valence-corrected chi connectivity index (χ0v) is 8.49. The van der Waals surface area contributed by atoms with Crippen molar-refractivity contribution in [3.63, 3.8) is 0 Å². The molecule has 14 heavy (non-hydrogen) atoms. The van der Waals surface area contributed by atoms with Crippen LogP contribution < -0.4 is 4.74 Å². The molecule has 0 spiro atoms. The SMILES string of the molecule is C=C(CC)COc1ccc(CO)cc1. The standard InChI is InChI=1S/C12H16O2/c1-3-10(2)9-14-12-6-4-11(8-13)5-7-12/h4-7,13H,2-3,8-9H2,1H3. The lowest BCUT2D eigenvalue weighted by atomic mass is 10.2. The van der Waals surface area contributed by atoms with Gasteiger partial charge in [-0.25, -0.2) is 0 Å². The van der Waals surface area contributed by atoms with E-state index in [9.17, 15) is 0 Å². The Morgan fingerprint density at radius 3 is 2.50 bits per heavy atom. The smallest absolute Gasteiger partial charge is 0.119 e. The molecule has 1 aromatic rings. The normalized spacial score (nSPS) is 9.86. The third-order valence-corrected chi connectivity index (χ3v) is 2.05. The van der Waals surface area contributed by atoms with E-state index in [-0.39, 0.29) is 6.61 Å². The quantitative estimate of drug-likeness (QED) is 0.726. The van der Waals surface area contributed by atoms with Crippen LogP contribution in [0.2, 0.25) is 0 Å². The molecule has 1 N–H and O–H groups in total. The van der Waals surface area contributed by atoms with E-state index in [1.165, 1.54) is 0 Å². The van der Waals surface area contributed by atoms with Gasteiger partial charge in [0.1, 0.15) is 12.4 Å². The van der Waals surface area contributed by atoms with Crippen LogP contribution in [0.4, 0.5) is 0 Å². The van der Waals surface area contributed by atoms with E-state index in [1.54, 1.807) is 0 Å². The van der Waals surface area contributed by atoms with Gasteiger partial charge in [-0.2, -0.15) is 0 Å². The van der Waals surface area contributed by atoms with E-state index < -0.39 is 0 Å². The molecular formula is C12H16O2. The summed E-state index contributed by atoms with van der Waals surface area (Å²) in [6, 6.07) is 7.41. The molecule has 0 aromatic heterocycles. The maximum Gasteiger partial charge on any atom is 0.119 e. The fourth-order valence-corrected chi connectivity index (χ4v) is 0.979. The van der Waals surface area contributed by atoms with Gasteiger partial charge in [0.05, 0.1) is 6.61 Å². The Hall–Kier alpha value is -1.28. The first-order chi connectivity index (χ1) is 6.76. The molecule has 0 fully saturated rings. The second-order valence-electron chi connectivity index (χ2n) is 3.19. The van der Waals surface area contributed by atoms with Gasteiger partial charge in [-0.05, 0) is 29.7 Å². The van der Waals surface area contributed by atoms with Crippen LogP contribution in [0.5, 0.6) is 5.75 Å². The molecule has 0 aliphatic heterocycles. The number of aliphatic hydroxyl groups is 1. The first-order valence-corrected chi connectivity index (χ1v) is 4.75. The Labute approximate surface area is 84.8 Å². The van der Waals surface area contributed by atoms with Gasteiger partial charge in [0.15, 0.2) is 0 Å². The molecule has 0 heterocycles. The zero-order valence-electron chi connectivity index (χ0n) is 8.49. The first-order valence-electron chi connectivity index (χ1n) is 4.75. The van der Waals surface area contributed by atoms with Crippen LogP contribution in [0, 0.1) is 0 Å². The van der Waals surface area contributed by atoms with Crippen LogP contribution in [0.3, 0.4) is 0 Å². The fraction of sp³-hybridized carbons (Fsp3) is 0.333. The predicted octanol–water partition coefficient (Wildman–Crippen LogP) is 2.52. The Morgan fingerprint density at radius 1 is 1.36 bits per heavy atom. The van der Waals surface area contributed by atoms with Gasteiger partial charge in [0.25, 0.3) is 0 Å². The third-order valence-electron chi connectivity index (χ3n) is 2.05. The van der Waals surface area contributed by atoms with E-state index in [2.05, 4.69) is 13.5 Å². The largest absolute Gasteiger partial charge is 0.489 e. The van der Waals surface area contributed by atoms with E-state index in [4.69, 9.17) is 9.84 Å². The minimum Gasteiger partial charge on any atom is -0.489 e. The van der Waals surface area contributed by atoms with Crippen molar-refractivity contribution >= 4 is 0 Å².